The van der Waals surface area contributed by atoms with Gasteiger partial charge in [0.15, 0.2) is 10.7 Å². The van der Waals surface area contributed by atoms with Gasteiger partial charge in [-0.15, -0.1) is 0 Å². The number of benzene rings is 2. The molecule has 0 unspecified atom stereocenters. The van der Waals surface area contributed by atoms with Crippen molar-refractivity contribution in [3.8, 4) is 0 Å². The van der Waals surface area contributed by atoms with Gasteiger partial charge in [0.05, 0.1) is 16.7 Å². The van der Waals surface area contributed by atoms with E-state index in [1.807, 2.05) is 18.2 Å². The molecule has 0 aliphatic heterocycles. The maximum atomic E-state index is 13.2. The van der Waals surface area contributed by atoms with Gasteiger partial charge in [-0.3, -0.25) is 9.36 Å². The van der Waals surface area contributed by atoms with Crippen LogP contribution < -0.4 is 5.56 Å². The van der Waals surface area contributed by atoms with E-state index in [4.69, 9.17) is 4.42 Å². The zero-order chi connectivity index (χ0) is 16.7. The van der Waals surface area contributed by atoms with E-state index in [2.05, 4.69) is 9.97 Å². The van der Waals surface area contributed by atoms with E-state index in [-0.39, 0.29) is 11.4 Å². The third-order valence-electron chi connectivity index (χ3n) is 3.66. The molecular formula is C17H12FN3O2S. The number of halogens is 1. The summed E-state index contributed by atoms with van der Waals surface area (Å²) < 4.78 is 20.3. The van der Waals surface area contributed by atoms with Crippen LogP contribution in [0.25, 0.3) is 22.0 Å². The minimum atomic E-state index is -0.353. The van der Waals surface area contributed by atoms with Crippen molar-refractivity contribution in [2.24, 2.45) is 7.05 Å². The lowest BCUT2D eigenvalue weighted by Crippen LogP contribution is -2.19. The highest BCUT2D eigenvalue weighted by Gasteiger charge is 2.11. The first-order chi connectivity index (χ1) is 11.6. The largest absolute Gasteiger partial charge is 0.440 e. The average Bonchev–Trinajstić information content (AvgIpc) is 2.99. The third-order valence-corrected chi connectivity index (χ3v) is 4.68. The van der Waals surface area contributed by atoms with E-state index in [9.17, 15) is 9.18 Å². The maximum Gasteiger partial charge on any atom is 0.261 e. The summed E-state index contributed by atoms with van der Waals surface area (Å²) in [6, 6.07) is 11.4. The predicted molar refractivity (Wildman–Crippen MR) is 90.5 cm³/mol. The number of hydrogen-bond acceptors (Lipinski definition) is 5. The van der Waals surface area contributed by atoms with Gasteiger partial charge in [-0.1, -0.05) is 23.9 Å². The van der Waals surface area contributed by atoms with E-state index < -0.39 is 0 Å². The van der Waals surface area contributed by atoms with Crippen molar-refractivity contribution in [3.05, 3.63) is 64.5 Å². The van der Waals surface area contributed by atoms with Gasteiger partial charge >= 0.3 is 0 Å². The first-order valence-corrected chi connectivity index (χ1v) is 8.24. The Bertz CT molecular complexity index is 1120. The van der Waals surface area contributed by atoms with Crippen molar-refractivity contribution >= 4 is 33.8 Å². The molecule has 4 aromatic rings. The zero-order valence-corrected chi connectivity index (χ0v) is 13.5. The molecule has 2 aromatic heterocycles. The Morgan fingerprint density at radius 1 is 1.17 bits per heavy atom. The Morgan fingerprint density at radius 3 is 2.88 bits per heavy atom. The molecule has 7 heteroatoms. The SMILES string of the molecule is Cn1c(SCc2nc3cc(F)ccc3o2)nc2ccccc2c1=O. The summed E-state index contributed by atoms with van der Waals surface area (Å²) in [4.78, 5) is 21.1. The molecule has 0 saturated carbocycles. The average molecular weight is 341 g/mol. The standard InChI is InChI=1S/C17H12FN3O2S/c1-21-16(22)11-4-2-3-5-12(11)20-17(21)24-9-15-19-13-8-10(18)6-7-14(13)23-15/h2-8H,9H2,1H3. The lowest BCUT2D eigenvalue weighted by Gasteiger charge is -2.07. The van der Waals surface area contributed by atoms with Crippen molar-refractivity contribution in [1.29, 1.82) is 0 Å². The van der Waals surface area contributed by atoms with Crippen LogP contribution in [0.3, 0.4) is 0 Å². The Hall–Kier alpha value is -2.67. The number of aromatic nitrogens is 3. The van der Waals surface area contributed by atoms with Gasteiger partial charge in [0, 0.05) is 13.1 Å². The predicted octanol–water partition coefficient (Wildman–Crippen LogP) is 3.51. The molecule has 0 N–H and O–H groups in total. The van der Waals surface area contributed by atoms with Gasteiger partial charge in [0.1, 0.15) is 11.3 Å². The second-order valence-corrected chi connectivity index (χ2v) is 6.23. The first kappa shape index (κ1) is 14.9. The summed E-state index contributed by atoms with van der Waals surface area (Å²) in [5, 5.41) is 1.16. The lowest BCUT2D eigenvalue weighted by molar-refractivity contribution is 0.555. The Labute approximate surface area is 140 Å². The molecule has 0 saturated heterocycles. The monoisotopic (exact) mass is 341 g/mol. The molecule has 120 valence electrons. The Morgan fingerprint density at radius 2 is 2.00 bits per heavy atom. The first-order valence-electron chi connectivity index (χ1n) is 7.25. The van der Waals surface area contributed by atoms with Crippen LogP contribution in [0.2, 0.25) is 0 Å². The van der Waals surface area contributed by atoms with Crippen LogP contribution in [0.4, 0.5) is 4.39 Å². The highest BCUT2D eigenvalue weighted by atomic mass is 32.2. The Kier molecular flexibility index (Phi) is 3.57. The maximum absolute atomic E-state index is 13.2. The zero-order valence-electron chi connectivity index (χ0n) is 12.7. The minimum Gasteiger partial charge on any atom is -0.440 e. The van der Waals surface area contributed by atoms with Gasteiger partial charge in [-0.2, -0.15) is 0 Å². The van der Waals surface area contributed by atoms with Crippen LogP contribution in [0.15, 0.2) is 56.8 Å². The van der Waals surface area contributed by atoms with E-state index in [1.54, 1.807) is 19.2 Å². The second kappa shape index (κ2) is 5.76. The van der Waals surface area contributed by atoms with Crippen molar-refractivity contribution in [2.75, 3.05) is 0 Å². The molecular weight excluding hydrogens is 329 g/mol. The summed E-state index contributed by atoms with van der Waals surface area (Å²) in [6.07, 6.45) is 0. The van der Waals surface area contributed by atoms with Gasteiger partial charge in [0.25, 0.3) is 5.56 Å². The molecule has 0 atom stereocenters. The highest BCUT2D eigenvalue weighted by molar-refractivity contribution is 7.98. The number of fused-ring (bicyclic) bond motifs is 2. The number of rotatable bonds is 3. The molecule has 24 heavy (non-hydrogen) atoms. The van der Waals surface area contributed by atoms with Gasteiger partial charge in [-0.25, -0.2) is 14.4 Å². The fourth-order valence-corrected chi connectivity index (χ4v) is 3.28. The number of nitrogens with zero attached hydrogens (tertiary/aromatic N) is 3. The molecule has 0 aliphatic carbocycles. The summed E-state index contributed by atoms with van der Waals surface area (Å²) >= 11 is 1.35. The van der Waals surface area contributed by atoms with Crippen LogP contribution in [-0.4, -0.2) is 14.5 Å². The Balaban J connectivity index is 1.66. The number of hydrogen-bond donors (Lipinski definition) is 0. The highest BCUT2D eigenvalue weighted by Crippen LogP contribution is 2.24. The summed E-state index contributed by atoms with van der Waals surface area (Å²) in [5.74, 6) is 0.506. The molecule has 5 nitrogen and oxygen atoms in total. The minimum absolute atomic E-state index is 0.0947. The van der Waals surface area contributed by atoms with E-state index in [0.717, 1.165) is 0 Å². The van der Waals surface area contributed by atoms with Crippen LogP contribution in [0.5, 0.6) is 0 Å². The number of thioether (sulfide) groups is 1. The van der Waals surface area contributed by atoms with Gasteiger partial charge in [-0.05, 0) is 24.3 Å². The fourth-order valence-electron chi connectivity index (χ4n) is 2.46. The molecule has 0 radical (unpaired) electrons. The summed E-state index contributed by atoms with van der Waals surface area (Å²) in [5.41, 5.74) is 1.57. The van der Waals surface area contributed by atoms with E-state index in [0.29, 0.717) is 38.8 Å². The smallest absolute Gasteiger partial charge is 0.261 e. The molecule has 0 amide bonds. The quantitative estimate of drug-likeness (QED) is 0.421. The van der Waals surface area contributed by atoms with Gasteiger partial charge < -0.3 is 4.42 Å². The normalized spacial score (nSPS) is 11.4. The molecule has 0 fully saturated rings. The molecule has 0 spiro atoms. The van der Waals surface area contributed by atoms with Crippen molar-refractivity contribution in [3.63, 3.8) is 0 Å². The molecule has 0 bridgehead atoms. The lowest BCUT2D eigenvalue weighted by atomic mass is 10.2. The fraction of sp³-hybridized carbons (Fsp3) is 0.118. The molecule has 4 rings (SSSR count). The number of oxazole rings is 1. The molecule has 0 aliphatic rings. The topological polar surface area (TPSA) is 60.9 Å². The summed E-state index contributed by atoms with van der Waals surface area (Å²) in [7, 11) is 1.69. The van der Waals surface area contributed by atoms with E-state index in [1.165, 1.54) is 28.5 Å². The van der Waals surface area contributed by atoms with Crippen LogP contribution >= 0.6 is 11.8 Å². The third kappa shape index (κ3) is 2.56. The van der Waals surface area contributed by atoms with E-state index >= 15 is 0 Å². The number of para-hydroxylation sites is 1. The summed E-state index contributed by atoms with van der Waals surface area (Å²) in [6.45, 7) is 0. The van der Waals surface area contributed by atoms with Gasteiger partial charge in [0.2, 0.25) is 5.89 Å². The second-order valence-electron chi connectivity index (χ2n) is 5.28. The van der Waals surface area contributed by atoms with Crippen LogP contribution in [0, 0.1) is 5.82 Å². The van der Waals surface area contributed by atoms with Crippen LogP contribution in [0.1, 0.15) is 5.89 Å². The molecule has 2 aromatic carbocycles. The van der Waals surface area contributed by atoms with Crippen molar-refractivity contribution in [1.82, 2.24) is 14.5 Å². The molecule has 2 heterocycles. The van der Waals surface area contributed by atoms with Crippen LogP contribution in [-0.2, 0) is 12.8 Å². The van der Waals surface area contributed by atoms with Crippen molar-refractivity contribution in [2.45, 2.75) is 10.9 Å². The van der Waals surface area contributed by atoms with Crippen molar-refractivity contribution < 1.29 is 8.81 Å².